The summed E-state index contributed by atoms with van der Waals surface area (Å²) in [7, 11) is 0. The standard InChI is InChI=1S/C22H24F6N6O5/c1-11(39-16-8-31-32-18(36)17(16)22(26,27)28)10-38-15-3-5-34(19(15)37)13-2-4-33(9-14(13)35)20-29-6-12(7-30-20)21(23,24)25/h6-8,11,13-15,35H,2-5,9-10H2,1H3,(H,32,36)/t11-,13+,14+,15?/m0/s1. The number of halogens is 6. The molecule has 0 bridgehead atoms. The maximum atomic E-state index is 13.2. The van der Waals surface area contributed by atoms with Crippen molar-refractivity contribution < 1.29 is 45.7 Å². The largest absolute Gasteiger partial charge is 0.486 e. The first-order chi connectivity index (χ1) is 18.3. The maximum absolute atomic E-state index is 13.2. The zero-order chi connectivity index (χ0) is 28.5. The van der Waals surface area contributed by atoms with Gasteiger partial charge >= 0.3 is 12.4 Å². The number of amides is 1. The van der Waals surface area contributed by atoms with Gasteiger partial charge in [-0.15, -0.1) is 0 Å². The lowest BCUT2D eigenvalue weighted by atomic mass is 10.0. The molecule has 2 aliphatic heterocycles. The van der Waals surface area contributed by atoms with E-state index >= 15 is 0 Å². The summed E-state index contributed by atoms with van der Waals surface area (Å²) < 4.78 is 88.6. The molecule has 0 radical (unpaired) electrons. The minimum Gasteiger partial charge on any atom is -0.486 e. The Morgan fingerprint density at radius 3 is 2.38 bits per heavy atom. The van der Waals surface area contributed by atoms with Gasteiger partial charge in [-0.25, -0.2) is 15.1 Å². The number of carbonyl (C=O) groups is 1. The molecule has 4 atom stereocenters. The van der Waals surface area contributed by atoms with Crippen molar-refractivity contribution >= 4 is 11.9 Å². The lowest BCUT2D eigenvalue weighted by Gasteiger charge is -2.40. The molecule has 214 valence electrons. The molecule has 2 aliphatic rings. The number of hydrogen-bond donors (Lipinski definition) is 2. The minimum absolute atomic E-state index is 0.0119. The van der Waals surface area contributed by atoms with Crippen molar-refractivity contribution in [3.05, 3.63) is 40.1 Å². The summed E-state index contributed by atoms with van der Waals surface area (Å²) in [6.45, 7) is 1.66. The number of nitrogens with one attached hydrogen (secondary N) is 1. The van der Waals surface area contributed by atoms with Crippen molar-refractivity contribution in [2.24, 2.45) is 0 Å². The van der Waals surface area contributed by atoms with Gasteiger partial charge in [0, 0.05) is 38.4 Å². The molecule has 4 rings (SSSR count). The van der Waals surface area contributed by atoms with E-state index in [-0.39, 0.29) is 38.6 Å². The Bertz CT molecular complexity index is 1220. The monoisotopic (exact) mass is 566 g/mol. The van der Waals surface area contributed by atoms with Crippen LogP contribution >= 0.6 is 0 Å². The van der Waals surface area contributed by atoms with Crippen LogP contribution < -0.4 is 15.2 Å². The number of likely N-dealkylation sites (tertiary alicyclic amines) is 1. The molecule has 0 spiro atoms. The van der Waals surface area contributed by atoms with Crippen LogP contribution in [0.3, 0.4) is 0 Å². The summed E-state index contributed by atoms with van der Waals surface area (Å²) >= 11 is 0. The smallest absolute Gasteiger partial charge is 0.425 e. The number of aromatic amines is 1. The number of aliphatic hydroxyl groups excluding tert-OH is 1. The Hall–Kier alpha value is -3.47. The number of ether oxygens (including phenoxy) is 2. The predicted octanol–water partition coefficient (Wildman–Crippen LogP) is 1.62. The number of carbonyl (C=O) groups excluding carboxylic acids is 1. The highest BCUT2D eigenvalue weighted by Crippen LogP contribution is 2.33. The molecular formula is C22H24F6N6O5. The normalized spacial score (nSPS) is 23.3. The Balaban J connectivity index is 1.30. The van der Waals surface area contributed by atoms with Crippen molar-refractivity contribution in [2.45, 2.75) is 56.5 Å². The van der Waals surface area contributed by atoms with Crippen LogP contribution in [0.25, 0.3) is 0 Å². The first-order valence-electron chi connectivity index (χ1n) is 11.8. The van der Waals surface area contributed by atoms with Crippen LogP contribution in [0.4, 0.5) is 32.3 Å². The lowest BCUT2D eigenvalue weighted by Crippen LogP contribution is -2.55. The second-order valence-corrected chi connectivity index (χ2v) is 9.15. The van der Waals surface area contributed by atoms with Crippen LogP contribution in [-0.2, 0) is 21.9 Å². The molecule has 2 saturated heterocycles. The summed E-state index contributed by atoms with van der Waals surface area (Å²) in [5.74, 6) is -1.17. The van der Waals surface area contributed by atoms with Gasteiger partial charge in [0.15, 0.2) is 11.3 Å². The van der Waals surface area contributed by atoms with E-state index in [2.05, 4.69) is 15.1 Å². The molecule has 17 heteroatoms. The highest BCUT2D eigenvalue weighted by Gasteiger charge is 2.42. The fourth-order valence-electron chi connectivity index (χ4n) is 4.50. The first-order valence-corrected chi connectivity index (χ1v) is 11.8. The van der Waals surface area contributed by atoms with Gasteiger partial charge in [-0.2, -0.15) is 31.4 Å². The summed E-state index contributed by atoms with van der Waals surface area (Å²) in [5, 5.41) is 15.7. The van der Waals surface area contributed by atoms with Crippen molar-refractivity contribution in [2.75, 3.05) is 31.1 Å². The zero-order valence-corrected chi connectivity index (χ0v) is 20.4. The summed E-state index contributed by atoms with van der Waals surface area (Å²) in [4.78, 5) is 34.9. The Kier molecular flexibility index (Phi) is 8.02. The second-order valence-electron chi connectivity index (χ2n) is 9.15. The van der Waals surface area contributed by atoms with Crippen LogP contribution in [0.5, 0.6) is 5.75 Å². The Morgan fingerprint density at radius 1 is 1.08 bits per heavy atom. The zero-order valence-electron chi connectivity index (χ0n) is 20.4. The van der Waals surface area contributed by atoms with E-state index in [4.69, 9.17) is 9.47 Å². The van der Waals surface area contributed by atoms with E-state index in [1.54, 1.807) is 5.10 Å². The number of H-pyrrole nitrogens is 1. The van der Waals surface area contributed by atoms with Gasteiger partial charge in [0.2, 0.25) is 5.95 Å². The molecule has 11 nitrogen and oxygen atoms in total. The second kappa shape index (κ2) is 11.0. The summed E-state index contributed by atoms with van der Waals surface area (Å²) in [5.41, 5.74) is -3.98. The fraction of sp³-hybridized carbons (Fsp3) is 0.591. The molecule has 0 aliphatic carbocycles. The van der Waals surface area contributed by atoms with Crippen LogP contribution in [0.2, 0.25) is 0 Å². The van der Waals surface area contributed by atoms with Crippen molar-refractivity contribution in [1.82, 2.24) is 25.1 Å². The van der Waals surface area contributed by atoms with Crippen LogP contribution in [-0.4, -0.2) is 86.7 Å². The van der Waals surface area contributed by atoms with Gasteiger partial charge in [0.1, 0.15) is 12.2 Å². The van der Waals surface area contributed by atoms with Gasteiger partial charge in [0.25, 0.3) is 11.5 Å². The van der Waals surface area contributed by atoms with E-state index in [1.165, 1.54) is 16.7 Å². The SMILES string of the molecule is C[C@@H](COC1CCN([C@@H]2CCN(c3ncc(C(F)(F)F)cn3)C[C@H]2O)C1=O)Oc1cn[nH]c(=O)c1C(F)(F)F. The Morgan fingerprint density at radius 2 is 1.77 bits per heavy atom. The maximum Gasteiger partial charge on any atom is 0.425 e. The Labute approximate surface area is 216 Å². The van der Waals surface area contributed by atoms with E-state index in [0.717, 1.165) is 6.20 Å². The number of piperidine rings is 1. The highest BCUT2D eigenvalue weighted by molar-refractivity contribution is 5.83. The number of aliphatic hydroxyl groups is 1. The molecule has 2 fully saturated rings. The molecule has 1 amide bonds. The van der Waals surface area contributed by atoms with Crippen molar-refractivity contribution in [1.29, 1.82) is 0 Å². The average molecular weight is 566 g/mol. The van der Waals surface area contributed by atoms with Crippen LogP contribution in [0, 0.1) is 0 Å². The number of alkyl halides is 6. The number of nitrogens with zero attached hydrogens (tertiary/aromatic N) is 5. The molecule has 2 aromatic rings. The third-order valence-corrected chi connectivity index (χ3v) is 6.35. The third-order valence-electron chi connectivity index (χ3n) is 6.35. The van der Waals surface area contributed by atoms with E-state index in [1.807, 2.05) is 0 Å². The molecule has 0 aromatic carbocycles. The number of β-amino-alcohol motifs (C(OH)–C–C–N with tert-alkyl or cyclic N) is 1. The van der Waals surface area contributed by atoms with E-state index in [9.17, 15) is 41.0 Å². The number of hydrogen-bond acceptors (Lipinski definition) is 9. The van der Waals surface area contributed by atoms with Gasteiger partial charge < -0.3 is 24.4 Å². The minimum atomic E-state index is -4.97. The number of anilines is 1. The third kappa shape index (κ3) is 6.41. The molecule has 2 N–H and O–H groups in total. The number of rotatable bonds is 7. The summed E-state index contributed by atoms with van der Waals surface area (Å²) in [6.07, 6.45) is -9.86. The lowest BCUT2D eigenvalue weighted by molar-refractivity contribution is -0.143. The van der Waals surface area contributed by atoms with E-state index in [0.29, 0.717) is 18.8 Å². The van der Waals surface area contributed by atoms with Gasteiger partial charge in [-0.05, 0) is 13.3 Å². The van der Waals surface area contributed by atoms with E-state index < -0.39 is 65.0 Å². The fourth-order valence-corrected chi connectivity index (χ4v) is 4.50. The van der Waals surface area contributed by atoms with Gasteiger partial charge in [0.05, 0.1) is 30.5 Å². The van der Waals surface area contributed by atoms with Crippen molar-refractivity contribution in [3.8, 4) is 5.75 Å². The molecule has 0 saturated carbocycles. The number of aromatic nitrogens is 4. The molecule has 39 heavy (non-hydrogen) atoms. The molecule has 4 heterocycles. The van der Waals surface area contributed by atoms with Crippen molar-refractivity contribution in [3.63, 3.8) is 0 Å². The molecular weight excluding hydrogens is 542 g/mol. The quantitative estimate of drug-likeness (QED) is 0.480. The topological polar surface area (TPSA) is 134 Å². The van der Waals surface area contributed by atoms with Crippen LogP contribution in [0.1, 0.15) is 30.9 Å². The summed E-state index contributed by atoms with van der Waals surface area (Å²) in [6, 6.07) is -0.582. The van der Waals surface area contributed by atoms with Gasteiger partial charge in [-0.3, -0.25) is 9.59 Å². The predicted molar refractivity (Wildman–Crippen MR) is 120 cm³/mol. The first kappa shape index (κ1) is 28.5. The molecule has 2 aromatic heterocycles. The average Bonchev–Trinajstić information content (AvgIpc) is 3.21. The van der Waals surface area contributed by atoms with Crippen LogP contribution in [0.15, 0.2) is 23.4 Å². The molecule has 1 unspecified atom stereocenters. The van der Waals surface area contributed by atoms with Gasteiger partial charge in [-0.1, -0.05) is 0 Å². The highest BCUT2D eigenvalue weighted by atomic mass is 19.4.